The average Bonchev–Trinajstić information content (AvgIpc) is 2.65. The van der Waals surface area contributed by atoms with Gasteiger partial charge in [0.15, 0.2) is 0 Å². The molecule has 1 aliphatic carbocycles. The molecule has 6 unspecified atom stereocenters. The van der Waals surface area contributed by atoms with Crippen molar-refractivity contribution < 1.29 is 9.47 Å². The third-order valence-corrected chi connectivity index (χ3v) is 6.23. The number of hydrogen-bond acceptors (Lipinski definition) is 4. The molecule has 0 amide bonds. The van der Waals surface area contributed by atoms with Crippen LogP contribution in [0, 0.1) is 17.8 Å². The Morgan fingerprint density at radius 3 is 2.45 bits per heavy atom. The maximum Gasteiger partial charge on any atom is 0.0685 e. The Hall–Kier alpha value is -0.160. The molecule has 0 aromatic carbocycles. The second-order valence-electron chi connectivity index (χ2n) is 7.31. The minimum Gasteiger partial charge on any atom is -0.375 e. The molecule has 1 spiro atoms. The van der Waals surface area contributed by atoms with Crippen LogP contribution in [0.5, 0.6) is 0 Å². The molecule has 3 N–H and O–H groups in total. The second-order valence-corrected chi connectivity index (χ2v) is 7.31. The molecule has 2 aliphatic heterocycles. The zero-order valence-electron chi connectivity index (χ0n) is 13.1. The Morgan fingerprint density at radius 2 is 1.95 bits per heavy atom. The van der Waals surface area contributed by atoms with Crippen molar-refractivity contribution in [2.75, 3.05) is 6.61 Å². The van der Waals surface area contributed by atoms with Crippen LogP contribution in [-0.4, -0.2) is 30.5 Å². The largest absolute Gasteiger partial charge is 0.375 e. The molecule has 2 saturated heterocycles. The molecular weight excluding hydrogens is 252 g/mol. The first kappa shape index (κ1) is 14.8. The first-order chi connectivity index (χ1) is 9.56. The van der Waals surface area contributed by atoms with E-state index in [1.165, 1.54) is 25.7 Å². The van der Waals surface area contributed by atoms with Crippen molar-refractivity contribution in [2.45, 2.75) is 76.7 Å². The third kappa shape index (κ3) is 2.41. The lowest BCUT2D eigenvalue weighted by Gasteiger charge is -2.49. The lowest BCUT2D eigenvalue weighted by atomic mass is 9.67. The van der Waals surface area contributed by atoms with Crippen LogP contribution < -0.4 is 11.3 Å². The minimum absolute atomic E-state index is 0.190. The average molecular weight is 282 g/mol. The van der Waals surface area contributed by atoms with Gasteiger partial charge in [-0.1, -0.05) is 6.92 Å². The van der Waals surface area contributed by atoms with Gasteiger partial charge in [-0.3, -0.25) is 11.3 Å². The van der Waals surface area contributed by atoms with Crippen LogP contribution in [0.3, 0.4) is 0 Å². The fraction of sp³-hybridized carbons (Fsp3) is 1.00. The zero-order valence-corrected chi connectivity index (χ0v) is 13.1. The van der Waals surface area contributed by atoms with Gasteiger partial charge in [0.05, 0.1) is 17.8 Å². The molecule has 0 aromatic rings. The van der Waals surface area contributed by atoms with Gasteiger partial charge in [-0.2, -0.15) is 0 Å². The summed E-state index contributed by atoms with van der Waals surface area (Å²) in [6.07, 6.45) is 6.73. The summed E-state index contributed by atoms with van der Waals surface area (Å²) < 4.78 is 12.1. The van der Waals surface area contributed by atoms with Crippen molar-refractivity contribution in [2.24, 2.45) is 23.6 Å². The molecule has 0 bridgehead atoms. The van der Waals surface area contributed by atoms with Crippen LogP contribution in [0.1, 0.15) is 52.9 Å². The molecule has 20 heavy (non-hydrogen) atoms. The van der Waals surface area contributed by atoms with Gasteiger partial charge in [0.25, 0.3) is 0 Å². The van der Waals surface area contributed by atoms with Crippen molar-refractivity contribution in [3.8, 4) is 0 Å². The van der Waals surface area contributed by atoms with E-state index < -0.39 is 0 Å². The fourth-order valence-electron chi connectivity index (χ4n) is 4.77. The molecule has 4 nitrogen and oxygen atoms in total. The monoisotopic (exact) mass is 282 g/mol. The second kappa shape index (κ2) is 5.56. The van der Waals surface area contributed by atoms with Crippen LogP contribution in [0.4, 0.5) is 0 Å². The molecule has 2 heterocycles. The van der Waals surface area contributed by atoms with Crippen molar-refractivity contribution in [3.05, 3.63) is 0 Å². The number of ether oxygens (including phenoxy) is 2. The standard InChI is InChI=1S/C16H30N2O2/c1-10-11(2)20-12(3)14(10)15(18-17)13-5-8-19-16(9-13)6-4-7-16/h10-15,18H,4-9,17H2,1-3H3. The summed E-state index contributed by atoms with van der Waals surface area (Å²) in [6, 6.07) is 0.353. The first-order valence-corrected chi connectivity index (χ1v) is 8.32. The summed E-state index contributed by atoms with van der Waals surface area (Å²) in [5.74, 6) is 7.65. The molecule has 6 atom stereocenters. The Balaban J connectivity index is 1.72. The van der Waals surface area contributed by atoms with Gasteiger partial charge in [0, 0.05) is 18.6 Å². The Labute approximate surface area is 122 Å². The first-order valence-electron chi connectivity index (χ1n) is 8.32. The highest BCUT2D eigenvalue weighted by Crippen LogP contribution is 2.47. The molecule has 4 heteroatoms. The van der Waals surface area contributed by atoms with Gasteiger partial charge in [-0.25, -0.2) is 0 Å². The van der Waals surface area contributed by atoms with Crippen molar-refractivity contribution in [1.82, 2.24) is 5.43 Å². The topological polar surface area (TPSA) is 56.5 Å². The maximum atomic E-state index is 6.06. The van der Waals surface area contributed by atoms with E-state index in [1.54, 1.807) is 0 Å². The number of nitrogens with two attached hydrogens (primary N) is 1. The van der Waals surface area contributed by atoms with E-state index in [1.807, 2.05) is 0 Å². The van der Waals surface area contributed by atoms with Crippen LogP contribution in [0.2, 0.25) is 0 Å². The zero-order chi connectivity index (χ0) is 14.3. The van der Waals surface area contributed by atoms with E-state index in [-0.39, 0.29) is 5.60 Å². The maximum absolute atomic E-state index is 6.06. The number of hydrogen-bond donors (Lipinski definition) is 2. The predicted molar refractivity (Wildman–Crippen MR) is 79.0 cm³/mol. The number of hydrazine groups is 1. The summed E-state index contributed by atoms with van der Waals surface area (Å²) in [5.41, 5.74) is 3.34. The van der Waals surface area contributed by atoms with Gasteiger partial charge < -0.3 is 9.47 Å². The number of rotatable bonds is 3. The SMILES string of the molecule is CC1OC(C)C(C(NN)C2CCOC3(CCC3)C2)C1C. The van der Waals surface area contributed by atoms with E-state index in [4.69, 9.17) is 15.3 Å². The predicted octanol–water partition coefficient (Wildman–Crippen LogP) is 2.23. The van der Waals surface area contributed by atoms with E-state index in [2.05, 4.69) is 26.2 Å². The number of nitrogens with one attached hydrogen (secondary N) is 1. The summed E-state index contributed by atoms with van der Waals surface area (Å²) in [7, 11) is 0. The third-order valence-electron chi connectivity index (χ3n) is 6.23. The van der Waals surface area contributed by atoms with Crippen LogP contribution in [0.15, 0.2) is 0 Å². The summed E-state index contributed by atoms with van der Waals surface area (Å²) >= 11 is 0. The van der Waals surface area contributed by atoms with E-state index in [0.29, 0.717) is 36.0 Å². The van der Waals surface area contributed by atoms with E-state index in [0.717, 1.165) is 13.0 Å². The van der Waals surface area contributed by atoms with E-state index in [9.17, 15) is 0 Å². The molecule has 116 valence electrons. The lowest BCUT2D eigenvalue weighted by Crippen LogP contribution is -2.55. The van der Waals surface area contributed by atoms with Crippen LogP contribution in [0.25, 0.3) is 0 Å². The molecule has 3 fully saturated rings. The summed E-state index contributed by atoms with van der Waals surface area (Å²) in [5, 5.41) is 0. The highest BCUT2D eigenvalue weighted by Gasteiger charge is 2.49. The molecule has 3 aliphatic rings. The molecular formula is C16H30N2O2. The fourth-order valence-corrected chi connectivity index (χ4v) is 4.77. The van der Waals surface area contributed by atoms with E-state index >= 15 is 0 Å². The van der Waals surface area contributed by atoms with Crippen molar-refractivity contribution >= 4 is 0 Å². The summed E-state index contributed by atoms with van der Waals surface area (Å²) in [6.45, 7) is 7.59. The molecule has 0 aromatic heterocycles. The van der Waals surface area contributed by atoms with Crippen LogP contribution >= 0.6 is 0 Å². The highest BCUT2D eigenvalue weighted by atomic mass is 16.5. The van der Waals surface area contributed by atoms with Crippen LogP contribution in [-0.2, 0) is 9.47 Å². The molecule has 0 radical (unpaired) electrons. The van der Waals surface area contributed by atoms with Gasteiger partial charge >= 0.3 is 0 Å². The Morgan fingerprint density at radius 1 is 1.20 bits per heavy atom. The minimum atomic E-state index is 0.190. The summed E-state index contributed by atoms with van der Waals surface area (Å²) in [4.78, 5) is 0. The van der Waals surface area contributed by atoms with Gasteiger partial charge in [0.2, 0.25) is 0 Å². The quantitative estimate of drug-likeness (QED) is 0.615. The van der Waals surface area contributed by atoms with Gasteiger partial charge in [0.1, 0.15) is 0 Å². The molecule has 3 rings (SSSR count). The lowest BCUT2D eigenvalue weighted by molar-refractivity contribution is -0.150. The van der Waals surface area contributed by atoms with Crippen molar-refractivity contribution in [1.29, 1.82) is 0 Å². The Kier molecular flexibility index (Phi) is 4.10. The van der Waals surface area contributed by atoms with Gasteiger partial charge in [-0.05, 0) is 57.8 Å². The normalized spacial score (nSPS) is 45.3. The smallest absolute Gasteiger partial charge is 0.0685 e. The Bertz CT molecular complexity index is 345. The molecule has 1 saturated carbocycles. The van der Waals surface area contributed by atoms with Crippen molar-refractivity contribution in [3.63, 3.8) is 0 Å². The highest BCUT2D eigenvalue weighted by molar-refractivity contribution is 5.00. The van der Waals surface area contributed by atoms with Gasteiger partial charge in [-0.15, -0.1) is 0 Å².